The SMILES string of the molecule is CC1(C)c2sc(Br)cc2C(=O)N1CCOC1CC1. The second kappa shape index (κ2) is 4.32. The van der Waals surface area contributed by atoms with Crippen molar-refractivity contribution in [2.45, 2.75) is 38.3 Å². The average Bonchev–Trinajstić information content (AvgIpc) is 3.00. The monoisotopic (exact) mass is 329 g/mol. The van der Waals surface area contributed by atoms with Gasteiger partial charge in [0.05, 0.1) is 27.6 Å². The zero-order valence-electron chi connectivity index (χ0n) is 10.5. The smallest absolute Gasteiger partial charge is 0.255 e. The van der Waals surface area contributed by atoms with Gasteiger partial charge in [-0.3, -0.25) is 4.79 Å². The highest BCUT2D eigenvalue weighted by atomic mass is 79.9. The minimum Gasteiger partial charge on any atom is -0.376 e. The number of ether oxygens (including phenoxy) is 1. The summed E-state index contributed by atoms with van der Waals surface area (Å²) in [6.45, 7) is 5.55. The Morgan fingerprint density at radius 2 is 2.28 bits per heavy atom. The van der Waals surface area contributed by atoms with Crippen LogP contribution in [0.5, 0.6) is 0 Å². The maximum absolute atomic E-state index is 12.4. The van der Waals surface area contributed by atoms with Crippen LogP contribution in [-0.4, -0.2) is 30.1 Å². The number of nitrogens with zero attached hydrogens (tertiary/aromatic N) is 1. The summed E-state index contributed by atoms with van der Waals surface area (Å²) >= 11 is 5.12. The lowest BCUT2D eigenvalue weighted by atomic mass is 10.0. The number of halogens is 1. The second-order valence-corrected chi connectivity index (χ2v) is 7.81. The van der Waals surface area contributed by atoms with Crippen LogP contribution in [0.1, 0.15) is 41.9 Å². The number of fused-ring (bicyclic) bond motifs is 1. The Bertz CT molecular complexity index is 493. The summed E-state index contributed by atoms with van der Waals surface area (Å²) in [5, 5.41) is 0. The van der Waals surface area contributed by atoms with E-state index in [1.54, 1.807) is 11.3 Å². The zero-order valence-corrected chi connectivity index (χ0v) is 12.9. The van der Waals surface area contributed by atoms with Gasteiger partial charge in [-0.15, -0.1) is 11.3 Å². The van der Waals surface area contributed by atoms with E-state index >= 15 is 0 Å². The maximum Gasteiger partial charge on any atom is 0.255 e. The van der Waals surface area contributed by atoms with Crippen molar-refractivity contribution in [3.8, 4) is 0 Å². The lowest BCUT2D eigenvalue weighted by Crippen LogP contribution is -2.41. The summed E-state index contributed by atoms with van der Waals surface area (Å²) in [7, 11) is 0. The van der Waals surface area contributed by atoms with Crippen LogP contribution < -0.4 is 0 Å². The average molecular weight is 330 g/mol. The molecular weight excluding hydrogens is 314 g/mol. The summed E-state index contributed by atoms with van der Waals surface area (Å²) in [5.74, 6) is 0.136. The Kier molecular flexibility index (Phi) is 3.03. The lowest BCUT2D eigenvalue weighted by Gasteiger charge is -2.32. The molecule has 18 heavy (non-hydrogen) atoms. The van der Waals surface area contributed by atoms with E-state index < -0.39 is 0 Å². The molecule has 0 bridgehead atoms. The summed E-state index contributed by atoms with van der Waals surface area (Å²) in [4.78, 5) is 15.5. The minimum atomic E-state index is -0.212. The van der Waals surface area contributed by atoms with Gasteiger partial charge in [0.15, 0.2) is 0 Å². The third-order valence-corrected chi connectivity index (χ3v) is 5.55. The minimum absolute atomic E-state index is 0.136. The molecule has 0 aromatic carbocycles. The highest BCUT2D eigenvalue weighted by Crippen LogP contribution is 2.44. The first-order valence-electron chi connectivity index (χ1n) is 6.23. The zero-order chi connectivity index (χ0) is 12.9. The molecule has 98 valence electrons. The van der Waals surface area contributed by atoms with Crippen LogP contribution in [0.3, 0.4) is 0 Å². The van der Waals surface area contributed by atoms with Gasteiger partial charge in [0.1, 0.15) is 0 Å². The largest absolute Gasteiger partial charge is 0.376 e. The molecule has 0 spiro atoms. The van der Waals surface area contributed by atoms with Crippen molar-refractivity contribution in [1.82, 2.24) is 4.90 Å². The molecule has 3 nitrogen and oxygen atoms in total. The molecule has 0 unspecified atom stereocenters. The lowest BCUT2D eigenvalue weighted by molar-refractivity contribution is 0.0428. The normalized spacial score (nSPS) is 21.5. The van der Waals surface area contributed by atoms with E-state index in [9.17, 15) is 4.79 Å². The van der Waals surface area contributed by atoms with Crippen LogP contribution >= 0.6 is 27.3 Å². The van der Waals surface area contributed by atoms with Crippen LogP contribution in [0.15, 0.2) is 9.85 Å². The van der Waals surface area contributed by atoms with E-state index in [-0.39, 0.29) is 11.4 Å². The van der Waals surface area contributed by atoms with Gasteiger partial charge >= 0.3 is 0 Å². The number of rotatable bonds is 4. The van der Waals surface area contributed by atoms with Crippen LogP contribution in [0.25, 0.3) is 0 Å². The Morgan fingerprint density at radius 3 is 2.89 bits per heavy atom. The third-order valence-electron chi connectivity index (χ3n) is 3.60. The molecule has 5 heteroatoms. The van der Waals surface area contributed by atoms with Gasteiger partial charge in [0.25, 0.3) is 5.91 Å². The predicted octanol–water partition coefficient (Wildman–Crippen LogP) is 3.38. The molecule has 1 aromatic heterocycles. The van der Waals surface area contributed by atoms with Crippen LogP contribution in [0.2, 0.25) is 0 Å². The van der Waals surface area contributed by atoms with Crippen molar-refractivity contribution in [2.24, 2.45) is 0 Å². The van der Waals surface area contributed by atoms with E-state index in [2.05, 4.69) is 29.8 Å². The van der Waals surface area contributed by atoms with Gasteiger partial charge in [-0.2, -0.15) is 0 Å². The molecule has 1 aliphatic heterocycles. The number of thiophene rings is 1. The van der Waals surface area contributed by atoms with Crippen molar-refractivity contribution in [3.63, 3.8) is 0 Å². The van der Waals surface area contributed by atoms with Gasteiger partial charge in [-0.25, -0.2) is 0 Å². The van der Waals surface area contributed by atoms with Crippen molar-refractivity contribution >= 4 is 33.2 Å². The first-order chi connectivity index (χ1) is 8.50. The standard InChI is InChI=1S/C13H16BrNO2S/c1-13(2)11-9(7-10(14)18-11)12(16)15(13)5-6-17-8-3-4-8/h7-8H,3-6H2,1-2H3. The molecule has 0 atom stereocenters. The van der Waals surface area contributed by atoms with Crippen molar-refractivity contribution < 1.29 is 9.53 Å². The van der Waals surface area contributed by atoms with Crippen LogP contribution in [-0.2, 0) is 10.3 Å². The number of carbonyl (C=O) groups excluding carboxylic acids is 1. The predicted molar refractivity (Wildman–Crippen MR) is 75.1 cm³/mol. The van der Waals surface area contributed by atoms with E-state index in [1.807, 2.05) is 11.0 Å². The molecule has 3 rings (SSSR count). The number of carbonyl (C=O) groups is 1. The maximum atomic E-state index is 12.4. The molecule has 0 saturated heterocycles. The summed E-state index contributed by atoms with van der Waals surface area (Å²) < 4.78 is 6.69. The molecule has 1 fully saturated rings. The Balaban J connectivity index is 1.75. The van der Waals surface area contributed by atoms with Crippen LogP contribution in [0.4, 0.5) is 0 Å². The molecule has 1 amide bonds. The highest BCUT2D eigenvalue weighted by molar-refractivity contribution is 9.11. The molecule has 0 radical (unpaired) electrons. The van der Waals surface area contributed by atoms with Gasteiger partial charge in [0.2, 0.25) is 0 Å². The molecular formula is C13H16BrNO2S. The number of hydrogen-bond donors (Lipinski definition) is 0. The van der Waals surface area contributed by atoms with Crippen molar-refractivity contribution in [3.05, 3.63) is 20.3 Å². The Morgan fingerprint density at radius 1 is 1.56 bits per heavy atom. The quantitative estimate of drug-likeness (QED) is 0.847. The summed E-state index contributed by atoms with van der Waals surface area (Å²) in [6, 6.07) is 1.94. The Labute approximate surface area is 119 Å². The number of amides is 1. The molecule has 1 saturated carbocycles. The summed E-state index contributed by atoms with van der Waals surface area (Å²) in [6.07, 6.45) is 2.81. The fourth-order valence-corrected chi connectivity index (χ4v) is 4.12. The van der Waals surface area contributed by atoms with E-state index in [0.717, 1.165) is 14.2 Å². The first-order valence-corrected chi connectivity index (χ1v) is 7.84. The summed E-state index contributed by atoms with van der Waals surface area (Å²) in [5.41, 5.74) is 0.638. The van der Waals surface area contributed by atoms with Gasteiger partial charge in [-0.05, 0) is 48.7 Å². The first kappa shape index (κ1) is 12.6. The topological polar surface area (TPSA) is 29.5 Å². The van der Waals surface area contributed by atoms with E-state index in [4.69, 9.17) is 4.74 Å². The third kappa shape index (κ3) is 2.02. The second-order valence-electron chi connectivity index (χ2n) is 5.38. The van der Waals surface area contributed by atoms with E-state index in [0.29, 0.717) is 19.3 Å². The fraction of sp³-hybridized carbons (Fsp3) is 0.615. The van der Waals surface area contributed by atoms with Gasteiger partial charge in [0, 0.05) is 11.4 Å². The van der Waals surface area contributed by atoms with Crippen molar-refractivity contribution in [2.75, 3.05) is 13.2 Å². The highest BCUT2D eigenvalue weighted by Gasteiger charge is 2.44. The molecule has 2 aliphatic rings. The number of hydrogen-bond acceptors (Lipinski definition) is 3. The van der Waals surface area contributed by atoms with Gasteiger partial charge < -0.3 is 9.64 Å². The molecule has 0 N–H and O–H groups in total. The van der Waals surface area contributed by atoms with Crippen molar-refractivity contribution in [1.29, 1.82) is 0 Å². The molecule has 1 aliphatic carbocycles. The molecule has 2 heterocycles. The molecule has 1 aromatic rings. The van der Waals surface area contributed by atoms with Crippen LogP contribution in [0, 0.1) is 0 Å². The Hall–Kier alpha value is -0.390. The van der Waals surface area contributed by atoms with Gasteiger partial charge in [-0.1, -0.05) is 0 Å². The fourth-order valence-electron chi connectivity index (χ4n) is 2.42. The van der Waals surface area contributed by atoms with E-state index in [1.165, 1.54) is 12.8 Å².